The predicted molar refractivity (Wildman–Crippen MR) is 104 cm³/mol. The van der Waals surface area contributed by atoms with Crippen LogP contribution < -0.4 is 9.47 Å². The van der Waals surface area contributed by atoms with Gasteiger partial charge in [-0.15, -0.1) is 11.3 Å². The summed E-state index contributed by atoms with van der Waals surface area (Å²) in [5, 5.41) is 9.42. The molecule has 5 nitrogen and oxygen atoms in total. The van der Waals surface area contributed by atoms with Crippen molar-refractivity contribution in [3.8, 4) is 11.5 Å². The van der Waals surface area contributed by atoms with Crippen LogP contribution >= 0.6 is 11.3 Å². The lowest BCUT2D eigenvalue weighted by Crippen LogP contribution is -2.05. The molecule has 0 saturated heterocycles. The first-order valence-corrected chi connectivity index (χ1v) is 9.42. The summed E-state index contributed by atoms with van der Waals surface area (Å²) >= 11 is 0.985. The Kier molecular flexibility index (Phi) is 6.44. The van der Waals surface area contributed by atoms with Crippen LogP contribution in [0.5, 0.6) is 11.5 Å². The zero-order valence-electron chi connectivity index (χ0n) is 15.7. The highest BCUT2D eigenvalue weighted by atomic mass is 32.1. The molecule has 1 N–H and O–H groups in total. The summed E-state index contributed by atoms with van der Waals surface area (Å²) in [6.07, 6.45) is -3.81. The van der Waals surface area contributed by atoms with Gasteiger partial charge in [-0.1, -0.05) is 12.1 Å². The highest BCUT2D eigenvalue weighted by molar-refractivity contribution is 7.19. The minimum absolute atomic E-state index is 0.00263. The maximum atomic E-state index is 13.0. The molecular formula is C20H14F5NO4S. The third-order valence-electron chi connectivity index (χ3n) is 4.10. The molecular weight excluding hydrogens is 445 g/mol. The number of halogens is 5. The van der Waals surface area contributed by atoms with Crippen LogP contribution in [0.2, 0.25) is 0 Å². The van der Waals surface area contributed by atoms with Crippen LogP contribution in [0, 0.1) is 0 Å². The number of aromatic nitrogens is 1. The molecule has 1 heterocycles. The van der Waals surface area contributed by atoms with Crippen LogP contribution in [-0.4, -0.2) is 29.8 Å². The molecule has 0 bridgehead atoms. The van der Waals surface area contributed by atoms with Gasteiger partial charge < -0.3 is 14.6 Å². The summed E-state index contributed by atoms with van der Waals surface area (Å²) < 4.78 is 74.6. The number of thiazole rings is 1. The smallest absolute Gasteiger partial charge is 0.416 e. The Morgan fingerprint density at radius 2 is 2.00 bits per heavy atom. The molecule has 0 aliphatic heterocycles. The van der Waals surface area contributed by atoms with Gasteiger partial charge in [-0.3, -0.25) is 4.79 Å². The summed E-state index contributed by atoms with van der Waals surface area (Å²) in [4.78, 5) is 15.5. The van der Waals surface area contributed by atoms with Crippen LogP contribution in [0.15, 0.2) is 36.4 Å². The molecule has 3 rings (SSSR count). The van der Waals surface area contributed by atoms with E-state index in [1.165, 1.54) is 37.5 Å². The van der Waals surface area contributed by atoms with E-state index in [9.17, 15) is 31.9 Å². The van der Waals surface area contributed by atoms with Crippen LogP contribution in [0.3, 0.4) is 0 Å². The second-order valence-electron chi connectivity index (χ2n) is 6.20. The maximum Gasteiger partial charge on any atom is 0.416 e. The van der Waals surface area contributed by atoms with E-state index in [1.54, 1.807) is 0 Å². The number of hydrogen-bond acceptors (Lipinski definition) is 5. The van der Waals surface area contributed by atoms with Crippen LogP contribution in [0.25, 0.3) is 21.9 Å². The van der Waals surface area contributed by atoms with Crippen molar-refractivity contribution in [3.05, 3.63) is 52.5 Å². The SMILES string of the molecule is COc1cccc(/C=C(\CC(=O)O)c2nc3cc(C(F)(F)F)ccc3s2)c1OC(F)F. The van der Waals surface area contributed by atoms with Crippen LogP contribution in [0.1, 0.15) is 22.6 Å². The number of fused-ring (bicyclic) bond motifs is 1. The first-order valence-electron chi connectivity index (χ1n) is 8.61. The van der Waals surface area contributed by atoms with Gasteiger partial charge in [0.05, 0.1) is 29.3 Å². The number of aliphatic carboxylic acids is 1. The van der Waals surface area contributed by atoms with E-state index >= 15 is 0 Å². The molecule has 164 valence electrons. The van der Waals surface area contributed by atoms with Crippen molar-refractivity contribution < 1.29 is 41.3 Å². The fourth-order valence-electron chi connectivity index (χ4n) is 2.80. The van der Waals surface area contributed by atoms with Gasteiger partial charge in [0.25, 0.3) is 0 Å². The molecule has 0 saturated carbocycles. The minimum Gasteiger partial charge on any atom is -0.493 e. The molecule has 0 amide bonds. The lowest BCUT2D eigenvalue weighted by Gasteiger charge is -2.13. The van der Waals surface area contributed by atoms with Gasteiger partial charge in [-0.05, 0) is 35.9 Å². The summed E-state index contributed by atoms with van der Waals surface area (Å²) in [6.45, 7) is -3.16. The normalized spacial score (nSPS) is 12.4. The number of rotatable bonds is 7. The van der Waals surface area contributed by atoms with Gasteiger partial charge in [0.2, 0.25) is 0 Å². The van der Waals surface area contributed by atoms with Crippen molar-refractivity contribution in [1.82, 2.24) is 4.98 Å². The second-order valence-corrected chi connectivity index (χ2v) is 7.23. The first-order chi connectivity index (χ1) is 14.6. The molecule has 0 fully saturated rings. The van der Waals surface area contributed by atoms with Gasteiger partial charge in [-0.25, -0.2) is 4.98 Å². The fraction of sp³-hybridized carbons (Fsp3) is 0.200. The van der Waals surface area contributed by atoms with Gasteiger partial charge in [0.15, 0.2) is 11.5 Å². The molecule has 3 aromatic rings. The van der Waals surface area contributed by atoms with Crippen molar-refractivity contribution in [2.24, 2.45) is 0 Å². The fourth-order valence-corrected chi connectivity index (χ4v) is 3.76. The van der Waals surface area contributed by atoms with E-state index in [-0.39, 0.29) is 33.2 Å². The Labute approximate surface area is 176 Å². The highest BCUT2D eigenvalue weighted by Gasteiger charge is 2.31. The monoisotopic (exact) mass is 459 g/mol. The number of alkyl halides is 5. The molecule has 0 unspecified atom stereocenters. The molecule has 11 heteroatoms. The average Bonchev–Trinajstić information content (AvgIpc) is 3.10. The number of nitrogens with zero attached hydrogens (tertiary/aromatic N) is 1. The maximum absolute atomic E-state index is 13.0. The molecule has 0 spiro atoms. The predicted octanol–water partition coefficient (Wildman–Crippen LogP) is 5.94. The lowest BCUT2D eigenvalue weighted by molar-refractivity contribution is -0.137. The number of carboxylic acids is 1. The van der Waals surface area contributed by atoms with E-state index in [2.05, 4.69) is 9.72 Å². The van der Waals surface area contributed by atoms with Crippen LogP contribution in [0.4, 0.5) is 22.0 Å². The van der Waals surface area contributed by atoms with E-state index in [1.807, 2.05) is 0 Å². The topological polar surface area (TPSA) is 68.7 Å². The minimum atomic E-state index is -4.56. The number of carboxylic acid groups (broad SMARTS) is 1. The van der Waals surface area contributed by atoms with E-state index in [4.69, 9.17) is 4.74 Å². The summed E-state index contributed by atoms with van der Waals surface area (Å²) in [6, 6.07) is 7.31. The third-order valence-corrected chi connectivity index (χ3v) is 5.21. The zero-order valence-corrected chi connectivity index (χ0v) is 16.6. The van der Waals surface area contributed by atoms with Gasteiger partial charge in [-0.2, -0.15) is 22.0 Å². The molecule has 0 radical (unpaired) electrons. The lowest BCUT2D eigenvalue weighted by atomic mass is 10.1. The van der Waals surface area contributed by atoms with Crippen molar-refractivity contribution in [3.63, 3.8) is 0 Å². The van der Waals surface area contributed by atoms with Crippen molar-refractivity contribution in [2.45, 2.75) is 19.2 Å². The standard InChI is InChI=1S/C20H14F5NO4S/c1-29-14-4-2-3-10(17(14)30-19(21)22)7-11(8-16(27)28)18-26-13-9-12(20(23,24)25)5-6-15(13)31-18/h2-7,9,19H,8H2,1H3,(H,27,28)/b11-7+. The Bertz CT molecular complexity index is 1140. The number of ether oxygens (including phenoxy) is 2. The third kappa shape index (κ3) is 5.29. The Hall–Kier alpha value is -3.21. The van der Waals surface area contributed by atoms with E-state index in [0.717, 1.165) is 23.5 Å². The molecule has 0 aliphatic rings. The quantitative estimate of drug-likeness (QED) is 0.443. The number of hydrogen-bond donors (Lipinski definition) is 1. The number of benzene rings is 2. The molecule has 0 atom stereocenters. The van der Waals surface area contributed by atoms with Crippen molar-refractivity contribution in [1.29, 1.82) is 0 Å². The van der Waals surface area contributed by atoms with Crippen molar-refractivity contribution in [2.75, 3.05) is 7.11 Å². The summed E-state index contributed by atoms with van der Waals surface area (Å²) in [5.41, 5.74) is -0.636. The van der Waals surface area contributed by atoms with Crippen molar-refractivity contribution >= 4 is 39.2 Å². The zero-order chi connectivity index (χ0) is 22.8. The summed E-state index contributed by atoms with van der Waals surface area (Å²) in [7, 11) is 1.26. The molecule has 2 aromatic carbocycles. The van der Waals surface area contributed by atoms with E-state index in [0.29, 0.717) is 4.70 Å². The Morgan fingerprint density at radius 3 is 2.61 bits per heavy atom. The molecule has 0 aliphatic carbocycles. The van der Waals surface area contributed by atoms with Gasteiger partial charge in [0, 0.05) is 5.56 Å². The average molecular weight is 459 g/mol. The second kappa shape index (κ2) is 8.88. The summed E-state index contributed by atoms with van der Waals surface area (Å²) in [5.74, 6) is -1.54. The molecule has 31 heavy (non-hydrogen) atoms. The van der Waals surface area contributed by atoms with Gasteiger partial charge >= 0.3 is 18.8 Å². The van der Waals surface area contributed by atoms with Crippen LogP contribution in [-0.2, 0) is 11.0 Å². The Balaban J connectivity index is 2.13. The highest BCUT2D eigenvalue weighted by Crippen LogP contribution is 2.38. The van der Waals surface area contributed by atoms with Gasteiger partial charge in [0.1, 0.15) is 5.01 Å². The number of para-hydroxylation sites is 1. The first kappa shape index (κ1) is 22.5. The number of methoxy groups -OCH3 is 1. The Morgan fingerprint density at radius 1 is 1.26 bits per heavy atom. The largest absolute Gasteiger partial charge is 0.493 e. The van der Waals surface area contributed by atoms with E-state index < -0.39 is 30.7 Å². The number of carbonyl (C=O) groups is 1. The molecule has 1 aromatic heterocycles.